The quantitative estimate of drug-likeness (QED) is 0.521. The van der Waals surface area contributed by atoms with Gasteiger partial charge in [-0.05, 0) is 31.6 Å². The molecular weight excluding hydrogens is 370 g/mol. The van der Waals surface area contributed by atoms with Crippen molar-refractivity contribution in [2.24, 2.45) is 0 Å². The maximum absolute atomic E-state index is 10.9. The lowest BCUT2D eigenvalue weighted by molar-refractivity contribution is -0.384. The maximum atomic E-state index is 10.9. The Hall–Kier alpha value is -2.13. The second-order valence-electron chi connectivity index (χ2n) is 7.86. The predicted octanol–water partition coefficient (Wildman–Crippen LogP) is 1.98. The number of ether oxygens (including phenoxy) is 1. The molecule has 2 aliphatic heterocycles. The normalized spacial score (nSPS) is 19.6. The van der Waals surface area contributed by atoms with Gasteiger partial charge in [-0.15, -0.1) is 0 Å². The van der Waals surface area contributed by atoms with Gasteiger partial charge >= 0.3 is 0 Å². The predicted molar refractivity (Wildman–Crippen MR) is 112 cm³/mol. The molecule has 2 fully saturated rings. The number of nitro benzene ring substituents is 1. The molecule has 0 spiro atoms. The summed E-state index contributed by atoms with van der Waals surface area (Å²) >= 11 is 0. The molecule has 0 bridgehead atoms. The highest BCUT2D eigenvalue weighted by molar-refractivity contribution is 5.81. The van der Waals surface area contributed by atoms with Gasteiger partial charge in [-0.2, -0.15) is 0 Å². The molecule has 8 heteroatoms. The van der Waals surface area contributed by atoms with Gasteiger partial charge in [-0.1, -0.05) is 6.07 Å². The average Bonchev–Trinajstić information content (AvgIpc) is 2.75. The molecule has 0 saturated carbocycles. The minimum atomic E-state index is -0.367. The number of non-ortho nitro benzene ring substituents is 1. The van der Waals surface area contributed by atoms with Gasteiger partial charge in [0.1, 0.15) is 0 Å². The van der Waals surface area contributed by atoms with E-state index < -0.39 is 0 Å². The Morgan fingerprint density at radius 3 is 2.34 bits per heavy atom. The molecule has 0 unspecified atom stereocenters. The third-order valence-corrected chi connectivity index (χ3v) is 5.84. The third-order valence-electron chi connectivity index (χ3n) is 5.84. The number of hydrogen-bond donors (Lipinski definition) is 0. The van der Waals surface area contributed by atoms with Crippen molar-refractivity contribution in [1.82, 2.24) is 19.7 Å². The van der Waals surface area contributed by atoms with Crippen molar-refractivity contribution in [1.29, 1.82) is 0 Å². The Kier molecular flexibility index (Phi) is 6.66. The fourth-order valence-corrected chi connectivity index (χ4v) is 4.10. The Balaban J connectivity index is 1.23. The van der Waals surface area contributed by atoms with Crippen LogP contribution in [0, 0.1) is 10.1 Å². The van der Waals surface area contributed by atoms with Crippen molar-refractivity contribution in [2.45, 2.75) is 13.0 Å². The summed E-state index contributed by atoms with van der Waals surface area (Å²) in [4.78, 5) is 22.7. The molecule has 1 aromatic carbocycles. The molecule has 2 aliphatic rings. The minimum absolute atomic E-state index is 0.108. The Bertz CT molecular complexity index is 832. The molecule has 8 nitrogen and oxygen atoms in total. The van der Waals surface area contributed by atoms with E-state index in [4.69, 9.17) is 9.72 Å². The molecule has 29 heavy (non-hydrogen) atoms. The molecular formula is C21H29N5O3. The number of nitrogens with zero attached hydrogens (tertiary/aromatic N) is 5. The van der Waals surface area contributed by atoms with Crippen LogP contribution in [0.25, 0.3) is 10.9 Å². The van der Waals surface area contributed by atoms with Crippen LogP contribution in [0.2, 0.25) is 0 Å². The van der Waals surface area contributed by atoms with E-state index in [1.165, 1.54) is 19.0 Å². The van der Waals surface area contributed by atoms with E-state index in [1.54, 1.807) is 12.1 Å². The molecule has 3 heterocycles. The van der Waals surface area contributed by atoms with Gasteiger partial charge in [0.05, 0.1) is 29.3 Å². The van der Waals surface area contributed by atoms with E-state index in [-0.39, 0.29) is 10.6 Å². The van der Waals surface area contributed by atoms with Crippen LogP contribution in [0.4, 0.5) is 5.69 Å². The zero-order chi connectivity index (χ0) is 20.1. The summed E-state index contributed by atoms with van der Waals surface area (Å²) in [5.41, 5.74) is 1.94. The van der Waals surface area contributed by atoms with E-state index >= 15 is 0 Å². The fraction of sp³-hybridized carbons (Fsp3) is 0.571. The number of benzene rings is 1. The Labute approximate surface area is 171 Å². The lowest BCUT2D eigenvalue weighted by Gasteiger charge is -2.35. The van der Waals surface area contributed by atoms with Crippen molar-refractivity contribution in [3.63, 3.8) is 0 Å². The SMILES string of the molecule is O=[N+]([O-])c1ccc2nc(CN3CCN(CCCN4CCOCC4)CC3)ccc2c1. The summed E-state index contributed by atoms with van der Waals surface area (Å²) < 4.78 is 5.41. The fourth-order valence-electron chi connectivity index (χ4n) is 4.10. The second-order valence-corrected chi connectivity index (χ2v) is 7.86. The van der Waals surface area contributed by atoms with Crippen LogP contribution >= 0.6 is 0 Å². The first-order chi connectivity index (χ1) is 14.2. The van der Waals surface area contributed by atoms with Crippen LogP contribution in [0.15, 0.2) is 30.3 Å². The van der Waals surface area contributed by atoms with Gasteiger partial charge in [0.15, 0.2) is 0 Å². The van der Waals surface area contributed by atoms with Crippen LogP contribution in [0.1, 0.15) is 12.1 Å². The van der Waals surface area contributed by atoms with Gasteiger partial charge in [-0.25, -0.2) is 0 Å². The average molecular weight is 399 g/mol. The van der Waals surface area contributed by atoms with Crippen LogP contribution in [0.5, 0.6) is 0 Å². The molecule has 0 radical (unpaired) electrons. The van der Waals surface area contributed by atoms with Crippen molar-refractivity contribution in [2.75, 3.05) is 65.6 Å². The van der Waals surface area contributed by atoms with E-state index in [2.05, 4.69) is 14.7 Å². The van der Waals surface area contributed by atoms with E-state index in [9.17, 15) is 10.1 Å². The number of hydrogen-bond acceptors (Lipinski definition) is 7. The number of pyridine rings is 1. The topological polar surface area (TPSA) is 75.0 Å². The number of nitro groups is 1. The monoisotopic (exact) mass is 399 g/mol. The molecule has 0 aliphatic carbocycles. The number of fused-ring (bicyclic) bond motifs is 1. The van der Waals surface area contributed by atoms with Crippen LogP contribution < -0.4 is 0 Å². The van der Waals surface area contributed by atoms with E-state index in [0.717, 1.165) is 82.2 Å². The summed E-state index contributed by atoms with van der Waals surface area (Å²) in [7, 11) is 0. The van der Waals surface area contributed by atoms with Gasteiger partial charge in [0.25, 0.3) is 5.69 Å². The first kappa shape index (κ1) is 20.2. The highest BCUT2D eigenvalue weighted by Gasteiger charge is 2.18. The van der Waals surface area contributed by atoms with Gasteiger partial charge in [-0.3, -0.25) is 24.9 Å². The summed E-state index contributed by atoms with van der Waals surface area (Å²) in [6.07, 6.45) is 1.22. The van der Waals surface area contributed by atoms with Crippen molar-refractivity contribution >= 4 is 16.6 Å². The van der Waals surface area contributed by atoms with Gasteiger partial charge < -0.3 is 9.64 Å². The third kappa shape index (κ3) is 5.48. The summed E-state index contributed by atoms with van der Waals surface area (Å²) in [6.45, 7) is 11.4. The van der Waals surface area contributed by atoms with Crippen molar-refractivity contribution in [3.05, 3.63) is 46.1 Å². The Morgan fingerprint density at radius 1 is 0.931 bits per heavy atom. The van der Waals surface area contributed by atoms with E-state index in [1.807, 2.05) is 12.1 Å². The number of aromatic nitrogens is 1. The summed E-state index contributed by atoms with van der Waals surface area (Å²) in [5.74, 6) is 0. The first-order valence-electron chi connectivity index (χ1n) is 10.5. The van der Waals surface area contributed by atoms with Crippen LogP contribution in [-0.4, -0.2) is 90.2 Å². The summed E-state index contributed by atoms with van der Waals surface area (Å²) in [5, 5.41) is 11.7. The van der Waals surface area contributed by atoms with E-state index in [0.29, 0.717) is 0 Å². The molecule has 0 atom stereocenters. The minimum Gasteiger partial charge on any atom is -0.379 e. The zero-order valence-corrected chi connectivity index (χ0v) is 16.8. The highest BCUT2D eigenvalue weighted by atomic mass is 16.6. The van der Waals surface area contributed by atoms with Gasteiger partial charge in [0, 0.05) is 63.3 Å². The molecule has 2 aromatic rings. The molecule has 0 N–H and O–H groups in total. The first-order valence-corrected chi connectivity index (χ1v) is 10.5. The number of morpholine rings is 1. The maximum Gasteiger partial charge on any atom is 0.270 e. The van der Waals surface area contributed by atoms with Crippen molar-refractivity contribution in [3.8, 4) is 0 Å². The zero-order valence-electron chi connectivity index (χ0n) is 16.8. The lowest BCUT2D eigenvalue weighted by atomic mass is 10.1. The van der Waals surface area contributed by atoms with Crippen LogP contribution in [-0.2, 0) is 11.3 Å². The molecule has 0 amide bonds. The number of piperazine rings is 1. The van der Waals surface area contributed by atoms with Crippen molar-refractivity contribution < 1.29 is 9.66 Å². The summed E-state index contributed by atoms with van der Waals surface area (Å²) in [6, 6.07) is 8.77. The molecule has 4 rings (SSSR count). The standard InChI is InChI=1S/C21H29N5O3/c27-26(28)20-4-5-21-18(16-20)2-3-19(22-21)17-25-10-8-23(9-11-25)6-1-7-24-12-14-29-15-13-24/h2-5,16H,1,6-15,17H2. The lowest BCUT2D eigenvalue weighted by Crippen LogP contribution is -2.46. The van der Waals surface area contributed by atoms with Crippen LogP contribution in [0.3, 0.4) is 0 Å². The number of rotatable bonds is 7. The van der Waals surface area contributed by atoms with Gasteiger partial charge in [0.2, 0.25) is 0 Å². The smallest absolute Gasteiger partial charge is 0.270 e. The molecule has 2 saturated heterocycles. The largest absolute Gasteiger partial charge is 0.379 e. The second kappa shape index (κ2) is 9.58. The molecule has 156 valence electrons. The molecule has 1 aromatic heterocycles. The highest BCUT2D eigenvalue weighted by Crippen LogP contribution is 2.20. The Morgan fingerprint density at radius 2 is 1.62 bits per heavy atom.